The lowest BCUT2D eigenvalue weighted by atomic mass is 9.61. The topological polar surface area (TPSA) is 77.2 Å². The van der Waals surface area contributed by atoms with E-state index in [0.29, 0.717) is 5.96 Å². The summed E-state index contributed by atoms with van der Waals surface area (Å²) in [5, 5.41) is 0. The molecule has 0 radical (unpaired) electrons. The number of nitrogens with zero attached hydrogens (tertiary/aromatic N) is 2. The van der Waals surface area contributed by atoms with Gasteiger partial charge in [-0.3, -0.25) is 9.69 Å². The molecule has 4 rings (SSSR count). The molecule has 27 heavy (non-hydrogen) atoms. The van der Waals surface area contributed by atoms with Crippen molar-refractivity contribution in [3.05, 3.63) is 29.3 Å². The summed E-state index contributed by atoms with van der Waals surface area (Å²) in [6.07, 6.45) is 4.85. The summed E-state index contributed by atoms with van der Waals surface area (Å²) >= 11 is 0. The normalized spacial score (nSPS) is 32.5. The highest BCUT2D eigenvalue weighted by Gasteiger charge is 2.66. The molecule has 1 aromatic rings. The molecule has 1 aromatic carbocycles. The highest BCUT2D eigenvalue weighted by molar-refractivity contribution is 6.08. The molecule has 3 aliphatic rings. The molecule has 1 saturated carbocycles. The maximum absolute atomic E-state index is 13.5. The minimum Gasteiger partial charge on any atom is -0.491 e. The molecule has 0 aromatic heterocycles. The Bertz CT molecular complexity index is 796. The van der Waals surface area contributed by atoms with Crippen LogP contribution < -0.4 is 10.5 Å². The van der Waals surface area contributed by atoms with Gasteiger partial charge >= 0.3 is 0 Å². The van der Waals surface area contributed by atoms with Crippen molar-refractivity contribution in [3.63, 3.8) is 0 Å². The zero-order chi connectivity index (χ0) is 19.4. The number of carbonyl (C=O) groups is 1. The van der Waals surface area contributed by atoms with E-state index in [1.54, 1.807) is 14.2 Å². The maximum atomic E-state index is 13.5. The van der Waals surface area contributed by atoms with Crippen molar-refractivity contribution in [1.29, 1.82) is 0 Å². The van der Waals surface area contributed by atoms with Gasteiger partial charge in [0, 0.05) is 19.6 Å². The summed E-state index contributed by atoms with van der Waals surface area (Å²) in [6.45, 7) is 4.00. The van der Waals surface area contributed by atoms with Crippen molar-refractivity contribution in [1.82, 2.24) is 4.90 Å². The fourth-order valence-electron chi connectivity index (χ4n) is 5.25. The number of hydrogen-bond acceptors (Lipinski definition) is 5. The molecule has 2 aliphatic carbocycles. The molecule has 1 unspecified atom stereocenters. The number of nitrogens with two attached hydrogens (primary N) is 1. The standard InChI is InChI=1S/C21H29N3O3/c1-13(2)27-16-6-5-14-12-20(9-7-15(26-4)8-10-20)21(17(14)11-16)18(25)24(3)19(22)23-21/h5-6,11,13,15H,7-10,12H2,1-4H3,(H2,22,23)/t15-,20-,21?. The monoisotopic (exact) mass is 371 g/mol. The average Bonchev–Trinajstić information content (AvgIpc) is 3.03. The van der Waals surface area contributed by atoms with Gasteiger partial charge in [0.2, 0.25) is 0 Å². The first-order valence-corrected chi connectivity index (χ1v) is 9.79. The van der Waals surface area contributed by atoms with Crippen molar-refractivity contribution in [2.75, 3.05) is 14.2 Å². The molecule has 6 heteroatoms. The van der Waals surface area contributed by atoms with Gasteiger partial charge in [0.25, 0.3) is 5.91 Å². The number of benzene rings is 1. The molecular weight excluding hydrogens is 342 g/mol. The van der Waals surface area contributed by atoms with Crippen molar-refractivity contribution in [2.24, 2.45) is 16.1 Å². The van der Waals surface area contributed by atoms with Gasteiger partial charge in [-0.05, 0) is 69.2 Å². The molecule has 0 bridgehead atoms. The fourth-order valence-corrected chi connectivity index (χ4v) is 5.25. The summed E-state index contributed by atoms with van der Waals surface area (Å²) in [5.41, 5.74) is 7.11. The molecule has 1 fully saturated rings. The number of fused-ring (bicyclic) bond motifs is 3. The Hall–Kier alpha value is -2.08. The molecule has 1 amide bonds. The highest BCUT2D eigenvalue weighted by atomic mass is 16.5. The van der Waals surface area contributed by atoms with Crippen LogP contribution in [0.15, 0.2) is 23.2 Å². The Labute approximate surface area is 160 Å². The van der Waals surface area contributed by atoms with Gasteiger partial charge in [0.1, 0.15) is 5.75 Å². The number of guanidine groups is 1. The second kappa shape index (κ2) is 6.23. The number of methoxy groups -OCH3 is 1. The van der Waals surface area contributed by atoms with E-state index >= 15 is 0 Å². The first-order valence-electron chi connectivity index (χ1n) is 9.79. The van der Waals surface area contributed by atoms with Crippen LogP contribution in [0.2, 0.25) is 0 Å². The van der Waals surface area contributed by atoms with E-state index in [1.165, 1.54) is 10.5 Å². The van der Waals surface area contributed by atoms with Gasteiger partial charge in [-0.15, -0.1) is 0 Å². The number of carbonyl (C=O) groups excluding carboxylic acids is 1. The lowest BCUT2D eigenvalue weighted by molar-refractivity contribution is -0.137. The Morgan fingerprint density at radius 1 is 1.30 bits per heavy atom. The van der Waals surface area contributed by atoms with Gasteiger partial charge in [-0.2, -0.15) is 0 Å². The van der Waals surface area contributed by atoms with Gasteiger partial charge in [-0.1, -0.05) is 6.07 Å². The van der Waals surface area contributed by atoms with E-state index in [4.69, 9.17) is 20.2 Å². The first kappa shape index (κ1) is 18.3. The van der Waals surface area contributed by atoms with Crippen LogP contribution in [0, 0.1) is 5.41 Å². The van der Waals surface area contributed by atoms with Crippen LogP contribution in [0.5, 0.6) is 5.75 Å². The van der Waals surface area contributed by atoms with Crippen LogP contribution in [0.4, 0.5) is 0 Å². The molecule has 1 atom stereocenters. The first-order chi connectivity index (χ1) is 12.8. The number of hydrogen-bond donors (Lipinski definition) is 1. The summed E-state index contributed by atoms with van der Waals surface area (Å²) in [4.78, 5) is 19.9. The number of rotatable bonds is 3. The van der Waals surface area contributed by atoms with Crippen LogP contribution in [0.3, 0.4) is 0 Å². The fraction of sp³-hybridized carbons (Fsp3) is 0.619. The Morgan fingerprint density at radius 2 is 2.00 bits per heavy atom. The van der Waals surface area contributed by atoms with Crippen molar-refractivity contribution in [2.45, 2.75) is 63.7 Å². The summed E-state index contributed by atoms with van der Waals surface area (Å²) in [5.74, 6) is 1.06. The minimum atomic E-state index is -0.934. The quantitative estimate of drug-likeness (QED) is 0.886. The molecule has 2 spiro atoms. The second-order valence-corrected chi connectivity index (χ2v) is 8.42. The van der Waals surface area contributed by atoms with Gasteiger partial charge < -0.3 is 15.2 Å². The lowest BCUT2D eigenvalue weighted by Crippen LogP contribution is -2.51. The maximum Gasteiger partial charge on any atom is 0.262 e. The van der Waals surface area contributed by atoms with Crippen molar-refractivity contribution >= 4 is 11.9 Å². The van der Waals surface area contributed by atoms with Gasteiger partial charge in [-0.25, -0.2) is 4.99 Å². The van der Waals surface area contributed by atoms with Gasteiger partial charge in [0.05, 0.1) is 12.2 Å². The summed E-state index contributed by atoms with van der Waals surface area (Å²) in [7, 11) is 3.48. The van der Waals surface area contributed by atoms with Crippen LogP contribution >= 0.6 is 0 Å². The third-order valence-electron chi connectivity index (χ3n) is 6.60. The average molecular weight is 371 g/mol. The molecule has 0 saturated heterocycles. The van der Waals surface area contributed by atoms with Crippen molar-refractivity contribution < 1.29 is 14.3 Å². The molecule has 1 aliphatic heterocycles. The van der Waals surface area contributed by atoms with E-state index in [-0.39, 0.29) is 23.5 Å². The third kappa shape index (κ3) is 2.49. The van der Waals surface area contributed by atoms with E-state index in [9.17, 15) is 4.79 Å². The Kier molecular flexibility index (Phi) is 4.22. The number of aliphatic imine (C=N–C) groups is 1. The van der Waals surface area contributed by atoms with Crippen LogP contribution in [-0.2, 0) is 21.5 Å². The smallest absolute Gasteiger partial charge is 0.262 e. The lowest BCUT2D eigenvalue weighted by Gasteiger charge is -2.45. The summed E-state index contributed by atoms with van der Waals surface area (Å²) in [6, 6.07) is 6.12. The van der Waals surface area contributed by atoms with E-state index in [1.807, 2.05) is 26.0 Å². The van der Waals surface area contributed by atoms with Gasteiger partial charge in [0.15, 0.2) is 11.5 Å². The number of ether oxygens (including phenoxy) is 2. The molecule has 6 nitrogen and oxygen atoms in total. The molecule has 146 valence electrons. The van der Waals surface area contributed by atoms with E-state index in [0.717, 1.165) is 43.4 Å². The largest absolute Gasteiger partial charge is 0.491 e. The minimum absolute atomic E-state index is 0.0173. The molecular formula is C21H29N3O3. The SMILES string of the molecule is CO[C@H]1CC[C@]2(CC1)Cc1ccc(OC(C)C)cc1C21N=C(N)N(C)C1=O. The van der Waals surface area contributed by atoms with E-state index in [2.05, 4.69) is 6.07 Å². The Balaban J connectivity index is 1.84. The Morgan fingerprint density at radius 3 is 2.56 bits per heavy atom. The highest BCUT2D eigenvalue weighted by Crippen LogP contribution is 2.62. The van der Waals surface area contributed by atoms with Crippen LogP contribution in [0.1, 0.15) is 50.7 Å². The number of amides is 1. The zero-order valence-electron chi connectivity index (χ0n) is 16.6. The third-order valence-corrected chi connectivity index (χ3v) is 6.60. The number of likely N-dealkylation sites (N-methyl/N-ethyl adjacent to an activating group) is 1. The predicted octanol–water partition coefficient (Wildman–Crippen LogP) is 2.59. The van der Waals surface area contributed by atoms with E-state index < -0.39 is 5.54 Å². The van der Waals surface area contributed by atoms with Crippen LogP contribution in [-0.4, -0.2) is 43.1 Å². The predicted molar refractivity (Wildman–Crippen MR) is 104 cm³/mol. The second-order valence-electron chi connectivity index (χ2n) is 8.42. The molecule has 1 heterocycles. The molecule has 2 N–H and O–H groups in total. The summed E-state index contributed by atoms with van der Waals surface area (Å²) < 4.78 is 11.5. The van der Waals surface area contributed by atoms with Crippen molar-refractivity contribution in [3.8, 4) is 5.75 Å². The zero-order valence-corrected chi connectivity index (χ0v) is 16.6. The van der Waals surface area contributed by atoms with Crippen LogP contribution in [0.25, 0.3) is 0 Å².